The molecule has 0 saturated carbocycles. The molecule has 1 aromatic carbocycles. The zero-order valence-electron chi connectivity index (χ0n) is 11.7. The van der Waals surface area contributed by atoms with Crippen LogP contribution in [0.25, 0.3) is 0 Å². The molecule has 2 N–H and O–H groups in total. The van der Waals surface area contributed by atoms with Crippen molar-refractivity contribution in [2.24, 2.45) is 0 Å². The lowest BCUT2D eigenvalue weighted by Crippen LogP contribution is -2.34. The molecule has 3 nitrogen and oxygen atoms in total. The second-order valence-corrected chi connectivity index (χ2v) is 5.57. The molecule has 1 fully saturated rings. The molecule has 100 valence electrons. The molecule has 0 amide bonds. The Hall–Kier alpha value is -1.06. The molecular weight excluding hydrogens is 224 g/mol. The fourth-order valence-electron chi connectivity index (χ4n) is 2.80. The van der Waals surface area contributed by atoms with Crippen molar-refractivity contribution in [3.05, 3.63) is 28.8 Å². The SMILES string of the molecule is Cc1cc(CN(C)CC2CCCN2)cc(C)c1O. The minimum Gasteiger partial charge on any atom is -0.507 e. The smallest absolute Gasteiger partial charge is 0.121 e. The fraction of sp³-hybridized carbons (Fsp3) is 0.600. The van der Waals surface area contributed by atoms with E-state index in [-0.39, 0.29) is 0 Å². The van der Waals surface area contributed by atoms with Crippen LogP contribution in [0, 0.1) is 13.8 Å². The summed E-state index contributed by atoms with van der Waals surface area (Å²) in [4.78, 5) is 2.36. The third-order valence-corrected chi connectivity index (χ3v) is 3.70. The second-order valence-electron chi connectivity index (χ2n) is 5.57. The highest BCUT2D eigenvalue weighted by molar-refractivity contribution is 5.42. The molecule has 0 aromatic heterocycles. The molecule has 3 heteroatoms. The molecule has 0 aliphatic carbocycles. The van der Waals surface area contributed by atoms with E-state index in [4.69, 9.17) is 0 Å². The van der Waals surface area contributed by atoms with Crippen LogP contribution in [0.15, 0.2) is 12.1 Å². The normalized spacial score (nSPS) is 19.7. The summed E-state index contributed by atoms with van der Waals surface area (Å²) in [5.74, 6) is 0.430. The fourth-order valence-corrected chi connectivity index (χ4v) is 2.80. The molecule has 1 unspecified atom stereocenters. The number of hydrogen-bond acceptors (Lipinski definition) is 3. The first-order valence-electron chi connectivity index (χ1n) is 6.77. The van der Waals surface area contributed by atoms with Crippen molar-refractivity contribution in [1.82, 2.24) is 10.2 Å². The van der Waals surface area contributed by atoms with E-state index in [0.717, 1.165) is 30.8 Å². The van der Waals surface area contributed by atoms with E-state index in [0.29, 0.717) is 11.8 Å². The molecule has 1 aromatic rings. The van der Waals surface area contributed by atoms with Crippen LogP contribution in [0.4, 0.5) is 0 Å². The number of aromatic hydroxyl groups is 1. The van der Waals surface area contributed by atoms with E-state index in [9.17, 15) is 5.11 Å². The largest absolute Gasteiger partial charge is 0.507 e. The van der Waals surface area contributed by atoms with Gasteiger partial charge in [0.05, 0.1) is 0 Å². The third-order valence-electron chi connectivity index (χ3n) is 3.70. The van der Waals surface area contributed by atoms with E-state index in [1.165, 1.54) is 18.4 Å². The maximum Gasteiger partial charge on any atom is 0.121 e. The Bertz CT molecular complexity index is 388. The number of phenols is 1. The third kappa shape index (κ3) is 3.24. The van der Waals surface area contributed by atoms with Crippen molar-refractivity contribution < 1.29 is 5.11 Å². The van der Waals surface area contributed by atoms with Crippen LogP contribution < -0.4 is 5.32 Å². The van der Waals surface area contributed by atoms with Gasteiger partial charge < -0.3 is 15.3 Å². The van der Waals surface area contributed by atoms with E-state index < -0.39 is 0 Å². The number of benzene rings is 1. The number of aryl methyl sites for hydroxylation is 2. The molecule has 1 aliphatic heterocycles. The summed E-state index contributed by atoms with van der Waals surface area (Å²) >= 11 is 0. The summed E-state index contributed by atoms with van der Waals surface area (Å²) in [6.45, 7) is 7.13. The first-order valence-corrected chi connectivity index (χ1v) is 6.77. The van der Waals surface area contributed by atoms with Crippen LogP contribution in [0.3, 0.4) is 0 Å². The molecule has 18 heavy (non-hydrogen) atoms. The zero-order valence-corrected chi connectivity index (χ0v) is 11.7. The Morgan fingerprint density at radius 1 is 1.33 bits per heavy atom. The van der Waals surface area contributed by atoms with Crippen LogP contribution >= 0.6 is 0 Å². The summed E-state index contributed by atoms with van der Waals surface area (Å²) in [6.07, 6.45) is 2.59. The number of nitrogens with zero attached hydrogens (tertiary/aromatic N) is 1. The number of rotatable bonds is 4. The summed E-state index contributed by atoms with van der Waals surface area (Å²) in [6, 6.07) is 4.82. The highest BCUT2D eigenvalue weighted by Crippen LogP contribution is 2.23. The monoisotopic (exact) mass is 248 g/mol. The standard InChI is InChI=1S/C15H24N2O/c1-11-7-13(8-12(2)15(11)18)9-17(3)10-14-5-4-6-16-14/h7-8,14,16,18H,4-6,9-10H2,1-3H3. The van der Waals surface area contributed by atoms with Gasteiger partial charge >= 0.3 is 0 Å². The lowest BCUT2D eigenvalue weighted by atomic mass is 10.1. The maximum absolute atomic E-state index is 9.77. The van der Waals surface area contributed by atoms with Gasteiger partial charge in [-0.25, -0.2) is 0 Å². The molecule has 2 rings (SSSR count). The Morgan fingerprint density at radius 3 is 2.56 bits per heavy atom. The Kier molecular flexibility index (Phi) is 4.25. The Balaban J connectivity index is 1.95. The molecule has 0 spiro atoms. The Labute approximate surface area is 110 Å². The number of phenolic OH excluding ortho intramolecular Hbond substituents is 1. The number of hydrogen-bond donors (Lipinski definition) is 2. The van der Waals surface area contributed by atoms with Crippen molar-refractivity contribution in [1.29, 1.82) is 0 Å². The summed E-state index contributed by atoms with van der Waals surface area (Å²) < 4.78 is 0. The average Bonchev–Trinajstić information content (AvgIpc) is 2.78. The average molecular weight is 248 g/mol. The predicted molar refractivity (Wildman–Crippen MR) is 74.9 cm³/mol. The lowest BCUT2D eigenvalue weighted by molar-refractivity contribution is 0.293. The van der Waals surface area contributed by atoms with Gasteiger partial charge in [-0.1, -0.05) is 12.1 Å². The van der Waals surface area contributed by atoms with Crippen LogP contribution in [-0.4, -0.2) is 36.2 Å². The second kappa shape index (κ2) is 5.72. The first kappa shape index (κ1) is 13.4. The van der Waals surface area contributed by atoms with E-state index in [1.807, 2.05) is 13.8 Å². The van der Waals surface area contributed by atoms with Crippen LogP contribution in [0.5, 0.6) is 5.75 Å². The highest BCUT2D eigenvalue weighted by atomic mass is 16.3. The van der Waals surface area contributed by atoms with Gasteiger partial charge in [0.15, 0.2) is 0 Å². The first-order chi connectivity index (χ1) is 8.56. The summed E-state index contributed by atoms with van der Waals surface area (Å²) in [7, 11) is 2.16. The van der Waals surface area contributed by atoms with Gasteiger partial charge in [-0.3, -0.25) is 0 Å². The van der Waals surface area contributed by atoms with Gasteiger partial charge in [-0.15, -0.1) is 0 Å². The van der Waals surface area contributed by atoms with E-state index >= 15 is 0 Å². The van der Waals surface area contributed by atoms with Gasteiger partial charge in [0, 0.05) is 19.1 Å². The minimum atomic E-state index is 0.430. The van der Waals surface area contributed by atoms with Gasteiger partial charge in [0.25, 0.3) is 0 Å². The molecule has 0 bridgehead atoms. The molecule has 0 radical (unpaired) electrons. The highest BCUT2D eigenvalue weighted by Gasteiger charge is 2.16. The lowest BCUT2D eigenvalue weighted by Gasteiger charge is -2.21. The number of nitrogens with one attached hydrogen (secondary N) is 1. The summed E-state index contributed by atoms with van der Waals surface area (Å²) in [5, 5.41) is 13.3. The molecule has 1 aliphatic rings. The van der Waals surface area contributed by atoms with Crippen molar-refractivity contribution in [3.63, 3.8) is 0 Å². The van der Waals surface area contributed by atoms with Gasteiger partial charge in [0.2, 0.25) is 0 Å². The quantitative estimate of drug-likeness (QED) is 0.857. The maximum atomic E-state index is 9.77. The topological polar surface area (TPSA) is 35.5 Å². The Morgan fingerprint density at radius 2 is 2.00 bits per heavy atom. The van der Waals surface area contributed by atoms with E-state index in [1.54, 1.807) is 0 Å². The van der Waals surface area contributed by atoms with Crippen molar-refractivity contribution in [3.8, 4) is 5.75 Å². The van der Waals surface area contributed by atoms with E-state index in [2.05, 4.69) is 29.4 Å². The van der Waals surface area contributed by atoms with Crippen molar-refractivity contribution >= 4 is 0 Å². The van der Waals surface area contributed by atoms with Crippen LogP contribution in [0.2, 0.25) is 0 Å². The molecule has 1 heterocycles. The van der Waals surface area contributed by atoms with Crippen molar-refractivity contribution in [2.75, 3.05) is 20.1 Å². The van der Waals surface area contributed by atoms with Crippen LogP contribution in [-0.2, 0) is 6.54 Å². The van der Waals surface area contributed by atoms with Gasteiger partial charge in [-0.05, 0) is 57.0 Å². The van der Waals surface area contributed by atoms with Crippen molar-refractivity contribution in [2.45, 2.75) is 39.3 Å². The molecule has 1 saturated heterocycles. The zero-order chi connectivity index (χ0) is 13.1. The minimum absolute atomic E-state index is 0.430. The van der Waals surface area contributed by atoms with Gasteiger partial charge in [0.1, 0.15) is 5.75 Å². The van der Waals surface area contributed by atoms with Gasteiger partial charge in [-0.2, -0.15) is 0 Å². The molecule has 1 atom stereocenters. The number of likely N-dealkylation sites (N-methyl/N-ethyl adjacent to an activating group) is 1. The van der Waals surface area contributed by atoms with Crippen LogP contribution in [0.1, 0.15) is 29.5 Å². The predicted octanol–water partition coefficient (Wildman–Crippen LogP) is 2.19. The summed E-state index contributed by atoms with van der Waals surface area (Å²) in [5.41, 5.74) is 3.22. The molecular formula is C15H24N2O.